The molecule has 2 aliphatic rings. The van der Waals surface area contributed by atoms with E-state index in [0.717, 1.165) is 23.4 Å². The molecule has 1 saturated heterocycles. The third kappa shape index (κ3) is 4.78. The van der Waals surface area contributed by atoms with Crippen molar-refractivity contribution in [3.05, 3.63) is 71.6 Å². The number of anilines is 2. The first-order valence-corrected chi connectivity index (χ1v) is 13.5. The lowest BCUT2D eigenvalue weighted by atomic mass is 10.1. The fraction of sp³-hybridized carbons (Fsp3) is 0.280. The summed E-state index contributed by atoms with van der Waals surface area (Å²) in [4.78, 5) is 25.1. The average Bonchev–Trinajstić information content (AvgIpc) is 3.34. The monoisotopic (exact) mass is 525 g/mol. The Hall–Kier alpha value is -3.50. The Morgan fingerprint density at radius 3 is 2.53 bits per heavy atom. The van der Waals surface area contributed by atoms with Gasteiger partial charge in [-0.25, -0.2) is 18.4 Å². The van der Waals surface area contributed by atoms with E-state index in [1.807, 2.05) is 40.8 Å². The van der Waals surface area contributed by atoms with Crippen molar-refractivity contribution in [1.82, 2.24) is 14.9 Å². The lowest BCUT2D eigenvalue weighted by Gasteiger charge is -2.36. The fourth-order valence-electron chi connectivity index (χ4n) is 4.61. The van der Waals surface area contributed by atoms with Gasteiger partial charge in [-0.3, -0.25) is 9.52 Å². The number of halogens is 1. The molecule has 3 aromatic rings. The zero-order chi connectivity index (χ0) is 25.3. The Bertz CT molecular complexity index is 1410. The first-order chi connectivity index (χ1) is 17.3. The summed E-state index contributed by atoms with van der Waals surface area (Å²) in [7, 11) is -3.75. The number of aromatic nitrogens is 2. The van der Waals surface area contributed by atoms with E-state index in [0.29, 0.717) is 31.2 Å². The predicted octanol–water partition coefficient (Wildman–Crippen LogP) is 2.94. The van der Waals surface area contributed by atoms with Crippen molar-refractivity contribution in [3.63, 3.8) is 0 Å². The standard InChI is InChI=1S/C25H26ClN6O3S/c1-18(32-12-10-19-3-2-4-22(26)24(19)32)25(33)31-15-13-30(14-16-31)20-5-7-21(8-6-20)36(34,35)29-23-9-11-27-17-28-23/h2-9,11-12,17-18H,10,13-16H2,1H3,(H,27,28,29)/q+1. The summed E-state index contributed by atoms with van der Waals surface area (Å²) in [6.07, 6.45) is 5.55. The number of hydrogen-bond donors (Lipinski definition) is 1. The van der Waals surface area contributed by atoms with Crippen LogP contribution >= 0.6 is 11.6 Å². The van der Waals surface area contributed by atoms with Crippen LogP contribution in [0.3, 0.4) is 0 Å². The van der Waals surface area contributed by atoms with Gasteiger partial charge in [-0.05, 0) is 36.4 Å². The van der Waals surface area contributed by atoms with Crippen molar-refractivity contribution in [1.29, 1.82) is 0 Å². The van der Waals surface area contributed by atoms with E-state index >= 15 is 0 Å². The van der Waals surface area contributed by atoms with Crippen molar-refractivity contribution in [2.75, 3.05) is 35.8 Å². The maximum absolute atomic E-state index is 13.3. The molecule has 2 aromatic carbocycles. The van der Waals surface area contributed by atoms with Crippen LogP contribution in [0.5, 0.6) is 0 Å². The van der Waals surface area contributed by atoms with Crippen LogP contribution in [0.15, 0.2) is 66.0 Å². The maximum Gasteiger partial charge on any atom is 0.291 e. The minimum absolute atomic E-state index is 0.0657. The first-order valence-electron chi connectivity index (χ1n) is 11.7. The van der Waals surface area contributed by atoms with E-state index in [4.69, 9.17) is 11.6 Å². The number of carbonyl (C=O) groups excluding carboxylic acids is 1. The van der Waals surface area contributed by atoms with E-state index in [-0.39, 0.29) is 22.7 Å². The molecule has 0 saturated carbocycles. The summed E-state index contributed by atoms with van der Waals surface area (Å²) < 4.78 is 29.7. The van der Waals surface area contributed by atoms with Gasteiger partial charge in [-0.15, -0.1) is 0 Å². The van der Waals surface area contributed by atoms with Gasteiger partial charge in [0.1, 0.15) is 17.2 Å². The minimum Gasteiger partial charge on any atom is -0.368 e. The number of rotatable bonds is 6. The second-order valence-electron chi connectivity index (χ2n) is 8.72. The summed E-state index contributed by atoms with van der Waals surface area (Å²) in [5.74, 6) is 0.275. The molecule has 1 fully saturated rings. The largest absolute Gasteiger partial charge is 0.368 e. The third-order valence-electron chi connectivity index (χ3n) is 6.54. The number of sulfonamides is 1. The molecule has 0 spiro atoms. The molecule has 186 valence electrons. The van der Waals surface area contributed by atoms with Crippen LogP contribution in [-0.4, -0.2) is 72.2 Å². The molecule has 1 amide bonds. The summed E-state index contributed by atoms with van der Waals surface area (Å²) in [5, 5.41) is 0.656. The van der Waals surface area contributed by atoms with Crippen molar-refractivity contribution < 1.29 is 17.8 Å². The van der Waals surface area contributed by atoms with Gasteiger partial charge in [-0.2, -0.15) is 4.58 Å². The summed E-state index contributed by atoms with van der Waals surface area (Å²) in [5.41, 5.74) is 2.96. The van der Waals surface area contributed by atoms with Gasteiger partial charge >= 0.3 is 0 Å². The van der Waals surface area contributed by atoms with Crippen LogP contribution in [-0.2, 0) is 21.2 Å². The normalized spacial score (nSPS) is 16.3. The van der Waals surface area contributed by atoms with Gasteiger partial charge in [0, 0.05) is 50.6 Å². The Kier molecular flexibility index (Phi) is 6.63. The van der Waals surface area contributed by atoms with Crippen molar-refractivity contribution in [2.45, 2.75) is 24.3 Å². The summed E-state index contributed by atoms with van der Waals surface area (Å²) in [6, 6.07) is 13.7. The molecule has 1 atom stereocenters. The lowest BCUT2D eigenvalue weighted by molar-refractivity contribution is -0.459. The highest BCUT2D eigenvalue weighted by atomic mass is 35.5. The summed E-state index contributed by atoms with van der Waals surface area (Å²) in [6.45, 7) is 4.40. The molecule has 0 radical (unpaired) electrons. The highest BCUT2D eigenvalue weighted by Crippen LogP contribution is 2.33. The molecule has 1 aromatic heterocycles. The van der Waals surface area contributed by atoms with Crippen LogP contribution in [0.1, 0.15) is 12.5 Å². The Balaban J connectivity index is 1.20. The highest BCUT2D eigenvalue weighted by Gasteiger charge is 2.36. The van der Waals surface area contributed by atoms with Crippen LogP contribution in [0.2, 0.25) is 5.02 Å². The average molecular weight is 526 g/mol. The van der Waals surface area contributed by atoms with Crippen LogP contribution in [0.4, 0.5) is 17.2 Å². The molecule has 9 nitrogen and oxygen atoms in total. The molecule has 5 rings (SSSR count). The van der Waals surface area contributed by atoms with E-state index in [9.17, 15) is 13.2 Å². The second-order valence-corrected chi connectivity index (χ2v) is 10.8. The van der Waals surface area contributed by atoms with Gasteiger partial charge in [0.25, 0.3) is 15.9 Å². The highest BCUT2D eigenvalue weighted by molar-refractivity contribution is 7.92. The zero-order valence-corrected chi connectivity index (χ0v) is 21.3. The molecule has 0 bridgehead atoms. The quantitative estimate of drug-likeness (QED) is 0.497. The Morgan fingerprint density at radius 1 is 1.08 bits per heavy atom. The number of benzene rings is 2. The first kappa shape index (κ1) is 24.2. The molecule has 11 heteroatoms. The molecule has 0 aliphatic carbocycles. The molecule has 36 heavy (non-hydrogen) atoms. The number of para-hydroxylation sites is 1. The van der Waals surface area contributed by atoms with Crippen molar-refractivity contribution >= 4 is 50.9 Å². The predicted molar refractivity (Wildman–Crippen MR) is 139 cm³/mol. The lowest BCUT2D eigenvalue weighted by Crippen LogP contribution is -2.52. The molecule has 3 heterocycles. The minimum atomic E-state index is -3.75. The summed E-state index contributed by atoms with van der Waals surface area (Å²) >= 11 is 6.43. The number of hydrogen-bond acceptors (Lipinski definition) is 6. The Labute approximate surface area is 215 Å². The topological polar surface area (TPSA) is 98.5 Å². The molecular formula is C25H26ClN6O3S+. The molecular weight excluding hydrogens is 500 g/mol. The van der Waals surface area contributed by atoms with Crippen LogP contribution in [0.25, 0.3) is 0 Å². The van der Waals surface area contributed by atoms with Gasteiger partial charge in [0.15, 0.2) is 6.21 Å². The van der Waals surface area contributed by atoms with Gasteiger partial charge in [0.2, 0.25) is 11.7 Å². The van der Waals surface area contributed by atoms with E-state index < -0.39 is 10.0 Å². The number of piperazine rings is 1. The molecule has 2 aliphatic heterocycles. The van der Waals surface area contributed by atoms with Gasteiger partial charge < -0.3 is 9.80 Å². The van der Waals surface area contributed by atoms with E-state index in [1.54, 1.807) is 24.3 Å². The second kappa shape index (κ2) is 9.87. The van der Waals surface area contributed by atoms with Gasteiger partial charge in [0.05, 0.1) is 11.3 Å². The van der Waals surface area contributed by atoms with Crippen LogP contribution in [0, 0.1) is 0 Å². The van der Waals surface area contributed by atoms with E-state index in [2.05, 4.69) is 19.6 Å². The number of carbonyl (C=O) groups is 1. The van der Waals surface area contributed by atoms with Gasteiger partial charge in [-0.1, -0.05) is 23.7 Å². The molecule has 1 unspecified atom stereocenters. The fourth-order valence-corrected chi connectivity index (χ4v) is 5.91. The zero-order valence-electron chi connectivity index (χ0n) is 19.7. The van der Waals surface area contributed by atoms with Crippen molar-refractivity contribution in [3.8, 4) is 0 Å². The van der Waals surface area contributed by atoms with Crippen molar-refractivity contribution in [2.24, 2.45) is 0 Å². The maximum atomic E-state index is 13.3. The Morgan fingerprint density at radius 2 is 1.83 bits per heavy atom. The van der Waals surface area contributed by atoms with Crippen LogP contribution < -0.4 is 9.62 Å². The van der Waals surface area contributed by atoms with E-state index in [1.165, 1.54) is 18.6 Å². The number of nitrogens with zero attached hydrogens (tertiary/aromatic N) is 5. The third-order valence-corrected chi connectivity index (χ3v) is 8.21. The smallest absolute Gasteiger partial charge is 0.291 e. The number of fused-ring (bicyclic) bond motifs is 1. The number of amides is 1. The number of nitrogens with one attached hydrogen (secondary N) is 1. The SMILES string of the molecule is CC(C(=O)N1CCN(c2ccc(S(=O)(=O)Nc3ccncn3)cc2)CC1)[N+]1=CCc2cccc(Cl)c21. The molecule has 1 N–H and O–H groups in total.